The molecule has 0 aliphatic carbocycles. The van der Waals surface area contributed by atoms with E-state index in [0.29, 0.717) is 32.6 Å². The molecule has 3 aliphatic rings. The summed E-state index contributed by atoms with van der Waals surface area (Å²) in [6.45, 7) is 8.98. The van der Waals surface area contributed by atoms with Gasteiger partial charge in [0.15, 0.2) is 0 Å². The predicted molar refractivity (Wildman–Crippen MR) is 165 cm³/mol. The second kappa shape index (κ2) is 12.5. The molecule has 3 saturated heterocycles. The topological polar surface area (TPSA) is 81.2 Å². The van der Waals surface area contributed by atoms with Crippen molar-refractivity contribution in [1.82, 2.24) is 14.7 Å². The first kappa shape index (κ1) is 29.6. The summed E-state index contributed by atoms with van der Waals surface area (Å²) >= 11 is 5.45. The highest BCUT2D eigenvalue weighted by atomic mass is 79.9. The molecule has 7 nitrogen and oxygen atoms in total. The molecule has 2 aromatic rings. The molecule has 3 amide bonds. The maximum absolute atomic E-state index is 14.4. The van der Waals surface area contributed by atoms with Gasteiger partial charge in [-0.05, 0) is 17.5 Å². The van der Waals surface area contributed by atoms with Gasteiger partial charge in [0.2, 0.25) is 17.7 Å². The average molecular weight is 639 g/mol. The maximum atomic E-state index is 14.4. The number of hydrogen-bond acceptors (Lipinski definition) is 5. The van der Waals surface area contributed by atoms with Crippen LogP contribution >= 0.6 is 27.7 Å². The van der Waals surface area contributed by atoms with Crippen LogP contribution in [0.5, 0.6) is 0 Å². The Hall–Kier alpha value is -2.88. The fourth-order valence-electron chi connectivity index (χ4n) is 6.81. The van der Waals surface area contributed by atoms with Crippen molar-refractivity contribution in [2.45, 2.75) is 40.4 Å². The third kappa shape index (κ3) is 5.40. The molecule has 2 bridgehead atoms. The lowest BCUT2D eigenvalue weighted by molar-refractivity contribution is -0.145. The van der Waals surface area contributed by atoms with Crippen LogP contribution in [0.2, 0.25) is 0 Å². The van der Waals surface area contributed by atoms with E-state index in [9.17, 15) is 19.5 Å². The van der Waals surface area contributed by atoms with E-state index in [2.05, 4.69) is 29.1 Å². The van der Waals surface area contributed by atoms with Crippen LogP contribution in [0, 0.1) is 11.8 Å². The van der Waals surface area contributed by atoms with Crippen molar-refractivity contribution in [3.63, 3.8) is 0 Å². The molecule has 3 aliphatic heterocycles. The van der Waals surface area contributed by atoms with Crippen LogP contribution in [-0.2, 0) is 27.5 Å². The standard InChI is InChI=1S/C32H36BrN3O4S/c1-3-15-34(20-22-11-7-5-8-12-22)29(38)25-26-30(39)36(17-18-37)28(32(26)19-24(33)27(25)41-32)31(40)35(16-4-2)21-23-13-9-6-10-14-23/h3-14,24-28,37H,1-2,15-21H2/t24?,25-,26+,27-,28?,32?/m1/s1. The van der Waals surface area contributed by atoms with E-state index in [1.165, 1.54) is 4.90 Å². The number of hydrogen-bond donors (Lipinski definition) is 1. The minimum Gasteiger partial charge on any atom is -0.395 e. The molecular weight excluding hydrogens is 602 g/mol. The minimum atomic E-state index is -0.786. The Morgan fingerprint density at radius 2 is 1.51 bits per heavy atom. The first-order valence-corrected chi connectivity index (χ1v) is 15.8. The summed E-state index contributed by atoms with van der Waals surface area (Å²) in [5.41, 5.74) is 1.97. The van der Waals surface area contributed by atoms with Gasteiger partial charge in [0, 0.05) is 42.8 Å². The van der Waals surface area contributed by atoms with Crippen molar-refractivity contribution in [2.75, 3.05) is 26.2 Å². The predicted octanol–water partition coefficient (Wildman–Crippen LogP) is 3.87. The van der Waals surface area contributed by atoms with E-state index in [1.54, 1.807) is 33.7 Å². The van der Waals surface area contributed by atoms with Gasteiger partial charge in [-0.3, -0.25) is 14.4 Å². The van der Waals surface area contributed by atoms with Gasteiger partial charge in [0.05, 0.1) is 23.2 Å². The third-order valence-corrected chi connectivity index (χ3v) is 11.6. The van der Waals surface area contributed by atoms with E-state index in [4.69, 9.17) is 0 Å². The summed E-state index contributed by atoms with van der Waals surface area (Å²) in [5.74, 6) is -1.73. The van der Waals surface area contributed by atoms with Gasteiger partial charge >= 0.3 is 0 Å². The summed E-state index contributed by atoms with van der Waals surface area (Å²) in [7, 11) is 0. The lowest BCUT2D eigenvalue weighted by Gasteiger charge is -2.38. The summed E-state index contributed by atoms with van der Waals surface area (Å²) in [5, 5.41) is 9.82. The van der Waals surface area contributed by atoms with Gasteiger partial charge in [-0.15, -0.1) is 24.9 Å². The van der Waals surface area contributed by atoms with Gasteiger partial charge in [-0.2, -0.15) is 0 Å². The summed E-state index contributed by atoms with van der Waals surface area (Å²) in [6, 6.07) is 18.7. The molecule has 6 atom stereocenters. The highest BCUT2D eigenvalue weighted by molar-refractivity contribution is 9.09. The zero-order valence-electron chi connectivity index (χ0n) is 23.0. The summed E-state index contributed by atoms with van der Waals surface area (Å²) in [4.78, 5) is 47.9. The van der Waals surface area contributed by atoms with E-state index in [1.807, 2.05) is 60.7 Å². The van der Waals surface area contributed by atoms with Gasteiger partial charge in [-0.25, -0.2) is 0 Å². The number of thioether (sulfide) groups is 1. The van der Waals surface area contributed by atoms with Gasteiger partial charge < -0.3 is 19.8 Å². The normalized spacial score (nSPS) is 27.9. The highest BCUT2D eigenvalue weighted by Gasteiger charge is 2.76. The number of carbonyl (C=O) groups is 3. The molecule has 3 unspecified atom stereocenters. The first-order valence-electron chi connectivity index (χ1n) is 14.0. The Bertz CT molecular complexity index is 1290. The fraction of sp³-hybridized carbons (Fsp3) is 0.406. The second-order valence-corrected chi connectivity index (χ2v) is 13.6. The van der Waals surface area contributed by atoms with Crippen molar-refractivity contribution in [3.05, 3.63) is 97.1 Å². The number of rotatable bonds is 12. The number of fused-ring (bicyclic) bond motifs is 1. The number of alkyl halides is 1. The molecule has 2 aromatic carbocycles. The van der Waals surface area contributed by atoms with Crippen LogP contribution in [0.4, 0.5) is 0 Å². The summed E-state index contributed by atoms with van der Waals surface area (Å²) < 4.78 is -0.773. The van der Waals surface area contributed by atoms with Crippen LogP contribution in [0.3, 0.4) is 0 Å². The van der Waals surface area contributed by atoms with Crippen LogP contribution in [0.1, 0.15) is 17.5 Å². The van der Waals surface area contributed by atoms with Crippen molar-refractivity contribution >= 4 is 45.4 Å². The van der Waals surface area contributed by atoms with Crippen LogP contribution in [-0.4, -0.2) is 84.6 Å². The van der Waals surface area contributed by atoms with Gasteiger partial charge in [0.1, 0.15) is 6.04 Å². The highest BCUT2D eigenvalue weighted by Crippen LogP contribution is 2.68. The van der Waals surface area contributed by atoms with Crippen molar-refractivity contribution in [1.29, 1.82) is 0 Å². The zero-order valence-corrected chi connectivity index (χ0v) is 25.4. The summed E-state index contributed by atoms with van der Waals surface area (Å²) in [6.07, 6.45) is 3.99. The second-order valence-electron chi connectivity index (χ2n) is 10.9. The number of nitrogens with zero attached hydrogens (tertiary/aromatic N) is 3. The number of benzene rings is 2. The molecule has 5 rings (SSSR count). The van der Waals surface area contributed by atoms with Gasteiger partial charge in [0.25, 0.3) is 0 Å². The first-order chi connectivity index (χ1) is 19.9. The van der Waals surface area contributed by atoms with Gasteiger partial charge in [-0.1, -0.05) is 88.7 Å². The molecule has 1 N–H and O–H groups in total. The molecule has 0 saturated carbocycles. The number of β-amino-alcohol motifs (C(OH)–C–C–N with tert-alkyl or cyclic N) is 1. The van der Waals surface area contributed by atoms with Crippen LogP contribution in [0.15, 0.2) is 86.0 Å². The largest absolute Gasteiger partial charge is 0.395 e. The number of carbonyl (C=O) groups excluding carboxylic acids is 3. The Kier molecular flexibility index (Phi) is 9.06. The lowest BCUT2D eigenvalue weighted by atomic mass is 9.70. The Morgan fingerprint density at radius 3 is 2.02 bits per heavy atom. The number of halogens is 1. The SMILES string of the molecule is C=CCN(Cc1ccccc1)C(=O)C1N(CCO)C(=O)[C@@H]2[C@@H](C(=O)N(CC=C)Cc3ccccc3)[C@@H]3SC12CC3Br. The molecule has 0 aromatic heterocycles. The third-order valence-electron chi connectivity index (χ3n) is 8.40. The van der Waals surface area contributed by atoms with Crippen LogP contribution < -0.4 is 0 Å². The number of likely N-dealkylation sites (tertiary alicyclic amines) is 1. The molecule has 41 heavy (non-hydrogen) atoms. The Labute approximate surface area is 254 Å². The van der Waals surface area contributed by atoms with Crippen LogP contribution in [0.25, 0.3) is 0 Å². The number of aliphatic hydroxyl groups excluding tert-OH is 1. The van der Waals surface area contributed by atoms with Crippen molar-refractivity contribution < 1.29 is 19.5 Å². The quantitative estimate of drug-likeness (QED) is 0.282. The van der Waals surface area contributed by atoms with E-state index in [-0.39, 0.29) is 41.0 Å². The monoisotopic (exact) mass is 637 g/mol. The fourth-order valence-corrected chi connectivity index (χ4v) is 10.4. The van der Waals surface area contributed by atoms with Crippen molar-refractivity contribution in [2.24, 2.45) is 11.8 Å². The molecule has 216 valence electrons. The average Bonchev–Trinajstić information content (AvgIpc) is 3.56. The van der Waals surface area contributed by atoms with E-state index >= 15 is 0 Å². The molecular formula is C32H36BrN3O4S. The Morgan fingerprint density at radius 1 is 0.976 bits per heavy atom. The zero-order chi connectivity index (χ0) is 29.1. The van der Waals surface area contributed by atoms with E-state index < -0.39 is 22.6 Å². The number of aliphatic hydroxyl groups is 1. The molecule has 3 fully saturated rings. The lowest BCUT2D eigenvalue weighted by Crippen LogP contribution is -2.56. The molecule has 3 heterocycles. The molecule has 0 radical (unpaired) electrons. The van der Waals surface area contributed by atoms with E-state index in [0.717, 1.165) is 11.1 Å². The smallest absolute Gasteiger partial charge is 0.247 e. The maximum Gasteiger partial charge on any atom is 0.247 e. The number of amides is 3. The molecule has 1 spiro atoms. The Balaban J connectivity index is 1.50. The molecule has 9 heteroatoms. The minimum absolute atomic E-state index is 0.0286. The van der Waals surface area contributed by atoms with Crippen molar-refractivity contribution in [3.8, 4) is 0 Å².